The van der Waals surface area contributed by atoms with Gasteiger partial charge < -0.3 is 15.7 Å². The lowest BCUT2D eigenvalue weighted by Crippen LogP contribution is -2.68. The summed E-state index contributed by atoms with van der Waals surface area (Å²) in [6.45, 7) is 0. The molecular weight excluding hydrogens is 180 g/mol. The van der Waals surface area contributed by atoms with Crippen molar-refractivity contribution in [2.24, 2.45) is 5.73 Å². The molecule has 6 heteroatoms. The van der Waals surface area contributed by atoms with Crippen molar-refractivity contribution in [2.75, 3.05) is 5.75 Å². The van der Waals surface area contributed by atoms with Crippen molar-refractivity contribution in [1.29, 1.82) is 0 Å². The van der Waals surface area contributed by atoms with Gasteiger partial charge in [0.1, 0.15) is 17.5 Å². The molecule has 2 rings (SSSR count). The summed E-state index contributed by atoms with van der Waals surface area (Å²) in [5, 5.41) is 8.59. The molecule has 2 saturated heterocycles. The van der Waals surface area contributed by atoms with Crippen LogP contribution in [0, 0.1) is 0 Å². The number of carbonyl (C=O) groups excluding carboxylic acids is 1. The van der Waals surface area contributed by atoms with Crippen LogP contribution >= 0.6 is 11.8 Å². The standard InChI is InChI=1S/C6H8N2O3S/c7-3-4(9)8-2(6(10)11)1-12-5(3)8/h2-3,5H,1,7H2,(H,10,11)/t2?,3?,5-/m0/s1. The number of β-lactam (4-membered cyclic amide) rings is 1. The predicted molar refractivity (Wildman–Crippen MR) is 42.5 cm³/mol. The van der Waals surface area contributed by atoms with Crippen molar-refractivity contribution in [3.05, 3.63) is 0 Å². The third kappa shape index (κ3) is 0.789. The zero-order valence-corrected chi connectivity index (χ0v) is 6.95. The van der Waals surface area contributed by atoms with E-state index in [9.17, 15) is 9.59 Å². The molecule has 2 heterocycles. The highest BCUT2D eigenvalue weighted by Crippen LogP contribution is 2.38. The van der Waals surface area contributed by atoms with Crippen molar-refractivity contribution in [3.63, 3.8) is 0 Å². The van der Waals surface area contributed by atoms with Crippen LogP contribution in [0.4, 0.5) is 0 Å². The van der Waals surface area contributed by atoms with E-state index in [1.54, 1.807) is 0 Å². The average Bonchev–Trinajstić information content (AvgIpc) is 2.43. The molecule has 2 unspecified atom stereocenters. The van der Waals surface area contributed by atoms with E-state index in [1.165, 1.54) is 16.7 Å². The Hall–Kier alpha value is -0.750. The first kappa shape index (κ1) is 7.88. The Kier molecular flexibility index (Phi) is 1.55. The monoisotopic (exact) mass is 188 g/mol. The molecule has 1 amide bonds. The molecule has 0 aromatic heterocycles. The number of fused-ring (bicyclic) bond motifs is 1. The van der Waals surface area contributed by atoms with Crippen molar-refractivity contribution in [1.82, 2.24) is 4.90 Å². The van der Waals surface area contributed by atoms with E-state index in [1.807, 2.05) is 0 Å². The molecular formula is C6H8N2O3S. The Morgan fingerprint density at radius 2 is 2.42 bits per heavy atom. The van der Waals surface area contributed by atoms with Crippen LogP contribution in [0.25, 0.3) is 0 Å². The van der Waals surface area contributed by atoms with Gasteiger partial charge in [-0.2, -0.15) is 0 Å². The number of amides is 1. The van der Waals surface area contributed by atoms with Crippen LogP contribution in [0.2, 0.25) is 0 Å². The lowest BCUT2D eigenvalue weighted by Gasteiger charge is -2.41. The lowest BCUT2D eigenvalue weighted by atomic mass is 10.1. The second-order valence-corrected chi connectivity index (χ2v) is 4.00. The molecule has 0 aliphatic carbocycles. The van der Waals surface area contributed by atoms with Crippen LogP contribution in [0.1, 0.15) is 0 Å². The van der Waals surface area contributed by atoms with Crippen molar-refractivity contribution >= 4 is 23.6 Å². The number of nitrogens with zero attached hydrogens (tertiary/aromatic N) is 1. The predicted octanol–water partition coefficient (Wildman–Crippen LogP) is -1.32. The maximum Gasteiger partial charge on any atom is 0.327 e. The van der Waals surface area contributed by atoms with Gasteiger partial charge in [-0.1, -0.05) is 0 Å². The SMILES string of the molecule is NC1C(=O)N2C(C(=O)O)CS[C@@H]12. The van der Waals surface area contributed by atoms with Crippen LogP contribution in [0.3, 0.4) is 0 Å². The summed E-state index contributed by atoms with van der Waals surface area (Å²) in [4.78, 5) is 23.0. The summed E-state index contributed by atoms with van der Waals surface area (Å²) in [7, 11) is 0. The Balaban J connectivity index is 2.16. The summed E-state index contributed by atoms with van der Waals surface area (Å²) in [6, 6.07) is -1.15. The fourth-order valence-electron chi connectivity index (χ4n) is 1.49. The smallest absolute Gasteiger partial charge is 0.327 e. The van der Waals surface area contributed by atoms with Crippen molar-refractivity contribution < 1.29 is 14.7 Å². The highest BCUT2D eigenvalue weighted by molar-refractivity contribution is 8.00. The molecule has 5 nitrogen and oxygen atoms in total. The molecule has 0 aromatic carbocycles. The van der Waals surface area contributed by atoms with Crippen LogP contribution in [-0.4, -0.2) is 45.1 Å². The third-order valence-electron chi connectivity index (χ3n) is 2.17. The molecule has 66 valence electrons. The number of carboxylic acid groups (broad SMARTS) is 1. The largest absolute Gasteiger partial charge is 0.480 e. The molecule has 2 fully saturated rings. The van der Waals surface area contributed by atoms with E-state index >= 15 is 0 Å². The van der Waals surface area contributed by atoms with Gasteiger partial charge in [-0.3, -0.25) is 4.79 Å². The van der Waals surface area contributed by atoms with E-state index in [0.717, 1.165) is 0 Å². The Bertz CT molecular complexity index is 257. The van der Waals surface area contributed by atoms with Gasteiger partial charge in [-0.05, 0) is 0 Å². The second kappa shape index (κ2) is 2.37. The van der Waals surface area contributed by atoms with Crippen LogP contribution < -0.4 is 5.73 Å². The molecule has 12 heavy (non-hydrogen) atoms. The summed E-state index contributed by atoms with van der Waals surface area (Å²) >= 11 is 1.44. The highest BCUT2D eigenvalue weighted by Gasteiger charge is 2.55. The summed E-state index contributed by atoms with van der Waals surface area (Å²) in [6.07, 6.45) is 0. The van der Waals surface area contributed by atoms with E-state index in [2.05, 4.69) is 0 Å². The van der Waals surface area contributed by atoms with E-state index in [-0.39, 0.29) is 11.3 Å². The summed E-state index contributed by atoms with van der Waals surface area (Å²) < 4.78 is 0. The quantitative estimate of drug-likeness (QED) is 0.499. The minimum absolute atomic E-state index is 0.0985. The molecule has 2 aliphatic rings. The van der Waals surface area contributed by atoms with Gasteiger partial charge in [0.2, 0.25) is 5.91 Å². The molecule has 0 radical (unpaired) electrons. The average molecular weight is 188 g/mol. The number of rotatable bonds is 1. The molecule has 2 aliphatic heterocycles. The van der Waals surface area contributed by atoms with E-state index < -0.39 is 18.1 Å². The highest BCUT2D eigenvalue weighted by atomic mass is 32.2. The molecule has 0 aromatic rings. The van der Waals surface area contributed by atoms with Gasteiger partial charge in [0, 0.05) is 5.75 Å². The number of hydrogen-bond acceptors (Lipinski definition) is 4. The van der Waals surface area contributed by atoms with Crippen LogP contribution in [0.15, 0.2) is 0 Å². The van der Waals surface area contributed by atoms with E-state index in [0.29, 0.717) is 5.75 Å². The molecule has 0 saturated carbocycles. The zero-order valence-electron chi connectivity index (χ0n) is 6.14. The number of carbonyl (C=O) groups is 2. The molecule has 3 atom stereocenters. The third-order valence-corrected chi connectivity index (χ3v) is 3.54. The first-order valence-corrected chi connectivity index (χ1v) is 4.60. The van der Waals surface area contributed by atoms with Crippen LogP contribution in [0.5, 0.6) is 0 Å². The Morgan fingerprint density at radius 3 is 3.00 bits per heavy atom. The Labute approximate surface area is 72.9 Å². The van der Waals surface area contributed by atoms with Gasteiger partial charge in [-0.25, -0.2) is 4.79 Å². The van der Waals surface area contributed by atoms with Gasteiger partial charge in [-0.15, -0.1) is 11.8 Å². The van der Waals surface area contributed by atoms with Gasteiger partial charge in [0.25, 0.3) is 0 Å². The minimum Gasteiger partial charge on any atom is -0.480 e. The molecule has 3 N–H and O–H groups in total. The van der Waals surface area contributed by atoms with Gasteiger partial charge in [0.05, 0.1) is 0 Å². The van der Waals surface area contributed by atoms with Crippen LogP contribution in [-0.2, 0) is 9.59 Å². The first-order valence-electron chi connectivity index (χ1n) is 3.55. The zero-order chi connectivity index (χ0) is 8.88. The maximum absolute atomic E-state index is 11.1. The summed E-state index contributed by atoms with van der Waals surface area (Å²) in [5.41, 5.74) is 5.46. The first-order chi connectivity index (χ1) is 5.63. The fraction of sp³-hybridized carbons (Fsp3) is 0.667. The number of carboxylic acids is 1. The fourth-order valence-corrected chi connectivity index (χ4v) is 2.90. The maximum atomic E-state index is 11.1. The number of hydrogen-bond donors (Lipinski definition) is 2. The van der Waals surface area contributed by atoms with Crippen molar-refractivity contribution in [2.45, 2.75) is 17.5 Å². The topological polar surface area (TPSA) is 83.6 Å². The number of thioether (sulfide) groups is 1. The lowest BCUT2D eigenvalue weighted by molar-refractivity contribution is -0.157. The van der Waals surface area contributed by atoms with Crippen molar-refractivity contribution in [3.8, 4) is 0 Å². The second-order valence-electron chi connectivity index (χ2n) is 2.85. The number of nitrogens with two attached hydrogens (primary N) is 1. The van der Waals surface area contributed by atoms with Gasteiger partial charge >= 0.3 is 5.97 Å². The summed E-state index contributed by atoms with van der Waals surface area (Å²) in [5.74, 6) is -0.720. The van der Waals surface area contributed by atoms with Gasteiger partial charge in [0.15, 0.2) is 0 Å². The minimum atomic E-state index is -0.940. The molecule has 0 spiro atoms. The number of aliphatic carboxylic acids is 1. The normalized spacial score (nSPS) is 39.2. The van der Waals surface area contributed by atoms with E-state index in [4.69, 9.17) is 10.8 Å². The Morgan fingerprint density at radius 1 is 1.75 bits per heavy atom. The molecule has 0 bridgehead atoms.